The zero-order valence-electron chi connectivity index (χ0n) is 15.2. The van der Waals surface area contributed by atoms with E-state index in [1.807, 2.05) is 25.1 Å². The number of carbonyl (C=O) groups excluding carboxylic acids is 1. The molecular formula is C19H30N2O2. The molecule has 3 unspecified atom stereocenters. The van der Waals surface area contributed by atoms with Gasteiger partial charge in [0.15, 0.2) is 0 Å². The highest BCUT2D eigenvalue weighted by molar-refractivity contribution is 5.78. The molecule has 0 spiro atoms. The first-order valence-electron chi connectivity index (χ1n) is 8.52. The molecular weight excluding hydrogens is 288 g/mol. The number of rotatable bonds is 4. The molecule has 1 N–H and O–H groups in total. The van der Waals surface area contributed by atoms with Gasteiger partial charge < -0.3 is 5.32 Å². The standard InChI is InChI=1S/C19H30N2O2/c1-7-19(6)13-17(22)20-15(3)18(4,5)21(19)23-14(2)16-11-9-8-10-12-16/h8-12,14-15H,7,13H2,1-6H3,(H,20,22). The van der Waals surface area contributed by atoms with Crippen molar-refractivity contribution >= 4 is 5.91 Å². The Morgan fingerprint density at radius 1 is 1.30 bits per heavy atom. The molecule has 2 rings (SSSR count). The van der Waals surface area contributed by atoms with Gasteiger partial charge in [0.2, 0.25) is 5.91 Å². The van der Waals surface area contributed by atoms with Crippen molar-refractivity contribution in [2.75, 3.05) is 0 Å². The van der Waals surface area contributed by atoms with Gasteiger partial charge in [-0.15, -0.1) is 0 Å². The lowest BCUT2D eigenvalue weighted by Crippen LogP contribution is -2.60. The van der Waals surface area contributed by atoms with Crippen LogP contribution in [0.4, 0.5) is 0 Å². The molecule has 0 bridgehead atoms. The van der Waals surface area contributed by atoms with Crippen molar-refractivity contribution in [1.29, 1.82) is 0 Å². The van der Waals surface area contributed by atoms with Gasteiger partial charge in [-0.05, 0) is 46.6 Å². The average Bonchev–Trinajstić information content (AvgIpc) is 2.57. The molecule has 1 aliphatic rings. The van der Waals surface area contributed by atoms with Crippen LogP contribution in [0.15, 0.2) is 30.3 Å². The summed E-state index contributed by atoms with van der Waals surface area (Å²) in [5, 5.41) is 5.17. The smallest absolute Gasteiger partial charge is 0.222 e. The van der Waals surface area contributed by atoms with Gasteiger partial charge in [-0.3, -0.25) is 9.63 Å². The van der Waals surface area contributed by atoms with Crippen LogP contribution in [0.25, 0.3) is 0 Å². The van der Waals surface area contributed by atoms with Gasteiger partial charge >= 0.3 is 0 Å². The molecule has 4 nitrogen and oxygen atoms in total. The van der Waals surface area contributed by atoms with E-state index in [0.29, 0.717) is 6.42 Å². The molecule has 1 aromatic rings. The van der Waals surface area contributed by atoms with Crippen molar-refractivity contribution < 1.29 is 9.63 Å². The molecule has 1 fully saturated rings. The highest BCUT2D eigenvalue weighted by atomic mass is 16.7. The van der Waals surface area contributed by atoms with E-state index in [1.165, 1.54) is 0 Å². The van der Waals surface area contributed by atoms with Crippen molar-refractivity contribution in [2.45, 2.75) is 77.6 Å². The molecule has 1 aliphatic heterocycles. The highest BCUT2D eigenvalue weighted by Gasteiger charge is 2.49. The average molecular weight is 318 g/mol. The van der Waals surface area contributed by atoms with Gasteiger partial charge in [-0.25, -0.2) is 0 Å². The van der Waals surface area contributed by atoms with Gasteiger partial charge in [0, 0.05) is 12.5 Å². The summed E-state index contributed by atoms with van der Waals surface area (Å²) in [6, 6.07) is 10.2. The molecule has 1 heterocycles. The second-order valence-electron chi connectivity index (χ2n) is 7.42. The fourth-order valence-corrected chi connectivity index (χ4v) is 3.23. The quantitative estimate of drug-likeness (QED) is 0.917. The minimum absolute atomic E-state index is 0.00588. The third kappa shape index (κ3) is 3.59. The number of hydrogen-bond acceptors (Lipinski definition) is 3. The Hall–Kier alpha value is -1.39. The van der Waals surface area contributed by atoms with Crippen LogP contribution in [0.5, 0.6) is 0 Å². The number of nitrogens with zero attached hydrogens (tertiary/aromatic N) is 1. The maximum Gasteiger partial charge on any atom is 0.222 e. The summed E-state index contributed by atoms with van der Waals surface area (Å²) in [4.78, 5) is 18.7. The summed E-state index contributed by atoms with van der Waals surface area (Å²) in [6.07, 6.45) is 1.22. The van der Waals surface area contributed by atoms with Crippen molar-refractivity contribution in [3.8, 4) is 0 Å². The van der Waals surface area contributed by atoms with Crippen LogP contribution in [0.2, 0.25) is 0 Å². The topological polar surface area (TPSA) is 41.6 Å². The minimum Gasteiger partial charge on any atom is -0.352 e. The Morgan fingerprint density at radius 2 is 1.91 bits per heavy atom. The van der Waals surface area contributed by atoms with Gasteiger partial charge in [-0.1, -0.05) is 37.3 Å². The maximum absolute atomic E-state index is 12.3. The van der Waals surface area contributed by atoms with E-state index in [1.54, 1.807) is 0 Å². The number of hydroxylamine groups is 2. The first-order chi connectivity index (χ1) is 10.7. The Balaban J connectivity index is 2.35. The fraction of sp³-hybridized carbons (Fsp3) is 0.632. The molecule has 23 heavy (non-hydrogen) atoms. The third-order valence-corrected chi connectivity index (χ3v) is 5.29. The van der Waals surface area contributed by atoms with E-state index < -0.39 is 0 Å². The molecule has 1 saturated heterocycles. The summed E-state index contributed by atoms with van der Waals surface area (Å²) < 4.78 is 0. The Kier molecular flexibility index (Phi) is 5.17. The number of nitrogens with one attached hydrogen (secondary N) is 1. The summed E-state index contributed by atoms with van der Waals surface area (Å²) >= 11 is 0. The monoisotopic (exact) mass is 318 g/mol. The van der Waals surface area contributed by atoms with Crippen molar-refractivity contribution in [3.63, 3.8) is 0 Å². The first kappa shape index (κ1) is 18.0. The number of amides is 1. The molecule has 4 heteroatoms. The normalized spacial score (nSPS) is 29.7. The molecule has 1 aromatic carbocycles. The maximum atomic E-state index is 12.3. The van der Waals surface area contributed by atoms with Crippen LogP contribution in [0.1, 0.15) is 66.1 Å². The largest absolute Gasteiger partial charge is 0.352 e. The molecule has 0 aromatic heterocycles. The van der Waals surface area contributed by atoms with Crippen LogP contribution in [0, 0.1) is 0 Å². The Labute approximate surface area is 140 Å². The molecule has 0 saturated carbocycles. The SMILES string of the molecule is CCC1(C)CC(=O)NC(C)C(C)(C)N1OC(C)c1ccccc1. The first-order valence-corrected chi connectivity index (χ1v) is 8.52. The predicted octanol–water partition coefficient (Wildman–Crippen LogP) is 3.84. The minimum atomic E-state index is -0.332. The number of hydrogen-bond donors (Lipinski definition) is 1. The molecule has 0 radical (unpaired) electrons. The number of carbonyl (C=O) groups is 1. The van der Waals surface area contributed by atoms with Gasteiger partial charge in [0.05, 0.1) is 11.1 Å². The summed E-state index contributed by atoms with van der Waals surface area (Å²) in [5.74, 6) is 0.0911. The highest BCUT2D eigenvalue weighted by Crippen LogP contribution is 2.38. The molecule has 3 atom stereocenters. The van der Waals surface area contributed by atoms with E-state index >= 15 is 0 Å². The summed E-state index contributed by atoms with van der Waals surface area (Å²) in [5.41, 5.74) is 0.499. The van der Waals surface area contributed by atoms with Crippen LogP contribution >= 0.6 is 0 Å². The van der Waals surface area contributed by atoms with Crippen molar-refractivity contribution in [1.82, 2.24) is 10.4 Å². The van der Waals surface area contributed by atoms with E-state index in [9.17, 15) is 4.79 Å². The molecule has 128 valence electrons. The zero-order chi connectivity index (χ0) is 17.3. The second-order valence-corrected chi connectivity index (χ2v) is 7.42. The predicted molar refractivity (Wildman–Crippen MR) is 92.8 cm³/mol. The summed E-state index contributed by atoms with van der Waals surface area (Å²) in [7, 11) is 0. The van der Waals surface area contributed by atoms with Gasteiger partial charge in [0.25, 0.3) is 0 Å². The van der Waals surface area contributed by atoms with Gasteiger partial charge in [-0.2, -0.15) is 5.06 Å². The van der Waals surface area contributed by atoms with Gasteiger partial charge in [0.1, 0.15) is 6.10 Å². The lowest BCUT2D eigenvalue weighted by Gasteiger charge is -2.49. The van der Waals surface area contributed by atoms with E-state index in [0.717, 1.165) is 12.0 Å². The van der Waals surface area contributed by atoms with Crippen LogP contribution in [-0.4, -0.2) is 28.1 Å². The van der Waals surface area contributed by atoms with Crippen LogP contribution in [0.3, 0.4) is 0 Å². The molecule has 0 aliphatic carbocycles. The lowest BCUT2D eigenvalue weighted by molar-refractivity contribution is -0.295. The lowest BCUT2D eigenvalue weighted by atomic mass is 9.88. The Morgan fingerprint density at radius 3 is 2.48 bits per heavy atom. The van der Waals surface area contributed by atoms with E-state index in [2.05, 4.69) is 57.1 Å². The van der Waals surface area contributed by atoms with E-state index in [-0.39, 0.29) is 29.1 Å². The second kappa shape index (κ2) is 6.62. The third-order valence-electron chi connectivity index (χ3n) is 5.29. The fourth-order valence-electron chi connectivity index (χ4n) is 3.23. The number of benzene rings is 1. The van der Waals surface area contributed by atoms with Crippen molar-refractivity contribution in [2.24, 2.45) is 0 Å². The zero-order valence-corrected chi connectivity index (χ0v) is 15.2. The van der Waals surface area contributed by atoms with Crippen LogP contribution < -0.4 is 5.32 Å². The Bertz CT molecular complexity index is 544. The van der Waals surface area contributed by atoms with E-state index in [4.69, 9.17) is 4.84 Å². The molecule has 1 amide bonds. The summed E-state index contributed by atoms with van der Waals surface area (Å²) in [6.45, 7) is 12.6. The van der Waals surface area contributed by atoms with Crippen molar-refractivity contribution in [3.05, 3.63) is 35.9 Å². The van der Waals surface area contributed by atoms with Crippen LogP contribution in [-0.2, 0) is 9.63 Å².